The molecule has 0 radical (unpaired) electrons. The van der Waals surface area contributed by atoms with Crippen LogP contribution in [0.4, 0.5) is 13.9 Å². The molecule has 0 aliphatic heterocycles. The summed E-state index contributed by atoms with van der Waals surface area (Å²) in [5, 5.41) is 0.448. The van der Waals surface area contributed by atoms with Gasteiger partial charge >= 0.3 is 0 Å². The van der Waals surface area contributed by atoms with E-state index in [9.17, 15) is 13.6 Å². The third-order valence-corrected chi connectivity index (χ3v) is 5.84. The molecule has 0 aliphatic carbocycles. The molecular weight excluding hydrogens is 380 g/mol. The maximum Gasteiger partial charge on any atom is 0.266 e. The van der Waals surface area contributed by atoms with Crippen LogP contribution >= 0.6 is 11.3 Å². The number of thiazole rings is 1. The number of hydrogen-bond donors (Lipinski definition) is 0. The Morgan fingerprint density at radius 2 is 1.68 bits per heavy atom. The van der Waals surface area contributed by atoms with Gasteiger partial charge in [-0.15, -0.1) is 0 Å². The van der Waals surface area contributed by atoms with Crippen LogP contribution < -0.4 is 4.90 Å². The van der Waals surface area contributed by atoms with Crippen molar-refractivity contribution in [3.8, 4) is 0 Å². The van der Waals surface area contributed by atoms with E-state index in [4.69, 9.17) is 0 Å². The van der Waals surface area contributed by atoms with Crippen molar-refractivity contribution in [3.05, 3.63) is 59.2 Å². The number of aromatic nitrogens is 1. The Hall–Kier alpha value is -2.38. The van der Waals surface area contributed by atoms with E-state index >= 15 is 0 Å². The van der Waals surface area contributed by atoms with E-state index in [0.29, 0.717) is 18.2 Å². The molecule has 4 nitrogen and oxygen atoms in total. The number of halogens is 2. The smallest absolute Gasteiger partial charge is 0.266 e. The molecule has 0 unspecified atom stereocenters. The number of likely N-dealkylation sites (N-methyl/N-ethyl adjacent to an activating group) is 1. The van der Waals surface area contributed by atoms with Crippen LogP contribution in [0.15, 0.2) is 36.4 Å². The first-order chi connectivity index (χ1) is 13.5. The maximum absolute atomic E-state index is 14.3. The minimum absolute atomic E-state index is 0.299. The van der Waals surface area contributed by atoms with Crippen molar-refractivity contribution in [1.82, 2.24) is 9.88 Å². The Bertz CT molecular complexity index is 965. The lowest BCUT2D eigenvalue weighted by Crippen LogP contribution is -2.39. The van der Waals surface area contributed by atoms with Crippen molar-refractivity contribution in [1.29, 1.82) is 0 Å². The summed E-state index contributed by atoms with van der Waals surface area (Å²) < 4.78 is 29.5. The highest BCUT2D eigenvalue weighted by molar-refractivity contribution is 7.22. The van der Waals surface area contributed by atoms with Gasteiger partial charge in [0.05, 0.1) is 10.2 Å². The van der Waals surface area contributed by atoms with Gasteiger partial charge in [-0.2, -0.15) is 0 Å². The lowest BCUT2D eigenvalue weighted by atomic mass is 10.1. The van der Waals surface area contributed by atoms with Crippen LogP contribution in [0.3, 0.4) is 0 Å². The summed E-state index contributed by atoms with van der Waals surface area (Å²) in [5.41, 5.74) is 1.25. The molecule has 2 aromatic carbocycles. The summed E-state index contributed by atoms with van der Waals surface area (Å²) in [7, 11) is 0. The van der Waals surface area contributed by atoms with E-state index in [2.05, 4.69) is 9.88 Å². The van der Waals surface area contributed by atoms with Gasteiger partial charge in [0.25, 0.3) is 5.91 Å². The molecule has 3 aromatic rings. The van der Waals surface area contributed by atoms with Crippen LogP contribution in [0.2, 0.25) is 0 Å². The quantitative estimate of drug-likeness (QED) is 0.565. The third-order valence-electron chi connectivity index (χ3n) is 4.80. The molecule has 0 bridgehead atoms. The Labute approximate surface area is 167 Å². The van der Waals surface area contributed by atoms with Crippen LogP contribution in [0.25, 0.3) is 10.2 Å². The Morgan fingerprint density at radius 3 is 2.29 bits per heavy atom. The van der Waals surface area contributed by atoms with Crippen molar-refractivity contribution in [2.75, 3.05) is 31.1 Å². The molecule has 148 valence electrons. The maximum atomic E-state index is 14.3. The van der Waals surface area contributed by atoms with Crippen molar-refractivity contribution in [2.45, 2.75) is 20.8 Å². The van der Waals surface area contributed by atoms with Gasteiger partial charge in [0.15, 0.2) is 5.13 Å². The highest BCUT2D eigenvalue weighted by Gasteiger charge is 2.27. The van der Waals surface area contributed by atoms with E-state index in [-0.39, 0.29) is 0 Å². The van der Waals surface area contributed by atoms with Crippen LogP contribution in [0, 0.1) is 18.6 Å². The van der Waals surface area contributed by atoms with Gasteiger partial charge in [-0.3, -0.25) is 9.69 Å². The minimum Gasteiger partial charge on any atom is -0.302 e. The molecule has 1 heterocycles. The first-order valence-electron chi connectivity index (χ1n) is 9.30. The number of para-hydroxylation sites is 1. The fourth-order valence-electron chi connectivity index (χ4n) is 3.09. The molecule has 1 amide bonds. The summed E-state index contributed by atoms with van der Waals surface area (Å²) in [5.74, 6) is -2.44. The number of benzene rings is 2. The Balaban J connectivity index is 2.03. The van der Waals surface area contributed by atoms with Crippen LogP contribution in [0.5, 0.6) is 0 Å². The van der Waals surface area contributed by atoms with E-state index in [0.717, 1.165) is 41.0 Å². The molecule has 1 aromatic heterocycles. The van der Waals surface area contributed by atoms with Gasteiger partial charge < -0.3 is 4.90 Å². The molecular formula is C21H23F2N3OS. The predicted octanol–water partition coefficient (Wildman–Crippen LogP) is 4.87. The van der Waals surface area contributed by atoms with Crippen molar-refractivity contribution >= 4 is 32.6 Å². The standard InChI is InChI=1S/C21H23F2N3OS/c1-4-25(5-2)12-13-26(20(27)18-15(22)9-7-10-16(18)23)21-24-19-14(3)8-6-11-17(19)28-21/h6-11H,4-5,12-13H2,1-3H3. The molecule has 28 heavy (non-hydrogen) atoms. The number of carbonyl (C=O) groups is 1. The number of fused-ring (bicyclic) bond motifs is 1. The second kappa shape index (κ2) is 8.75. The lowest BCUT2D eigenvalue weighted by molar-refractivity contribution is 0.0975. The largest absolute Gasteiger partial charge is 0.302 e. The summed E-state index contributed by atoms with van der Waals surface area (Å²) in [4.78, 5) is 21.3. The average Bonchev–Trinajstić information content (AvgIpc) is 3.10. The van der Waals surface area contributed by atoms with Crippen LogP contribution in [-0.2, 0) is 0 Å². The monoisotopic (exact) mass is 403 g/mol. The zero-order valence-electron chi connectivity index (χ0n) is 16.2. The highest BCUT2D eigenvalue weighted by Crippen LogP contribution is 2.32. The molecule has 0 N–H and O–H groups in total. The minimum atomic E-state index is -0.866. The van der Waals surface area contributed by atoms with Crippen LogP contribution in [-0.4, -0.2) is 42.0 Å². The second-order valence-electron chi connectivity index (χ2n) is 6.50. The normalized spacial score (nSPS) is 11.4. The van der Waals surface area contributed by atoms with Gasteiger partial charge in [-0.25, -0.2) is 13.8 Å². The number of carbonyl (C=O) groups excluding carboxylic acids is 1. The first-order valence-corrected chi connectivity index (χ1v) is 10.1. The highest BCUT2D eigenvalue weighted by atomic mass is 32.1. The molecule has 0 fully saturated rings. The molecule has 3 rings (SSSR count). The van der Waals surface area contributed by atoms with Gasteiger partial charge in [0.2, 0.25) is 0 Å². The molecule has 0 atom stereocenters. The summed E-state index contributed by atoms with van der Waals surface area (Å²) in [6.45, 7) is 8.55. The van der Waals surface area contributed by atoms with Gasteiger partial charge in [-0.05, 0) is 43.8 Å². The fraction of sp³-hybridized carbons (Fsp3) is 0.333. The first kappa shape index (κ1) is 20.4. The Kier molecular flexibility index (Phi) is 6.36. The molecule has 0 spiro atoms. The topological polar surface area (TPSA) is 36.4 Å². The predicted molar refractivity (Wildman–Crippen MR) is 110 cm³/mol. The zero-order chi connectivity index (χ0) is 20.3. The number of anilines is 1. The van der Waals surface area contributed by atoms with Crippen molar-refractivity contribution in [2.24, 2.45) is 0 Å². The van der Waals surface area contributed by atoms with E-state index in [1.54, 1.807) is 0 Å². The van der Waals surface area contributed by atoms with E-state index in [1.165, 1.54) is 22.3 Å². The summed E-state index contributed by atoms with van der Waals surface area (Å²) >= 11 is 1.35. The molecule has 0 aliphatic rings. The van der Waals surface area contributed by atoms with E-state index < -0.39 is 23.1 Å². The van der Waals surface area contributed by atoms with E-state index in [1.807, 2.05) is 39.0 Å². The second-order valence-corrected chi connectivity index (χ2v) is 7.51. The SMILES string of the molecule is CCN(CC)CCN(C(=O)c1c(F)cccc1F)c1nc2c(C)cccc2s1. The Morgan fingerprint density at radius 1 is 1.04 bits per heavy atom. The number of hydrogen-bond acceptors (Lipinski definition) is 4. The van der Waals surface area contributed by atoms with Gasteiger partial charge in [-0.1, -0.05) is 43.4 Å². The number of amides is 1. The fourth-order valence-corrected chi connectivity index (χ4v) is 4.16. The third kappa shape index (κ3) is 4.05. The number of aryl methyl sites for hydroxylation is 1. The lowest BCUT2D eigenvalue weighted by Gasteiger charge is -2.25. The van der Waals surface area contributed by atoms with Crippen molar-refractivity contribution in [3.63, 3.8) is 0 Å². The van der Waals surface area contributed by atoms with Gasteiger partial charge in [0, 0.05) is 13.1 Å². The van der Waals surface area contributed by atoms with Crippen LogP contribution in [0.1, 0.15) is 29.8 Å². The number of nitrogens with zero attached hydrogens (tertiary/aromatic N) is 3. The number of rotatable bonds is 7. The average molecular weight is 403 g/mol. The zero-order valence-corrected chi connectivity index (χ0v) is 17.0. The molecule has 0 saturated heterocycles. The van der Waals surface area contributed by atoms with Crippen molar-refractivity contribution < 1.29 is 13.6 Å². The van der Waals surface area contributed by atoms with Gasteiger partial charge in [0.1, 0.15) is 17.2 Å². The summed E-state index contributed by atoms with van der Waals surface area (Å²) in [6.07, 6.45) is 0. The molecule has 7 heteroatoms. The summed E-state index contributed by atoms with van der Waals surface area (Å²) in [6, 6.07) is 9.26. The molecule has 0 saturated carbocycles.